The molecule has 1 heterocycles. The first-order chi connectivity index (χ1) is 13.7. The van der Waals surface area contributed by atoms with Crippen molar-refractivity contribution in [1.82, 2.24) is 15.3 Å². The zero-order valence-corrected chi connectivity index (χ0v) is 16.1. The molecule has 0 radical (unpaired) electrons. The van der Waals surface area contributed by atoms with Gasteiger partial charge in [0.05, 0.1) is 12.3 Å². The first kappa shape index (κ1) is 19.4. The molecule has 0 fully saturated rings. The van der Waals surface area contributed by atoms with Crippen molar-refractivity contribution in [1.29, 1.82) is 0 Å². The van der Waals surface area contributed by atoms with Gasteiger partial charge in [-0.1, -0.05) is 42.5 Å². The summed E-state index contributed by atoms with van der Waals surface area (Å²) < 4.78 is 5.63. The zero-order chi connectivity index (χ0) is 19.8. The fourth-order valence-electron chi connectivity index (χ4n) is 2.79. The largest absolute Gasteiger partial charge is 0.492 e. The van der Waals surface area contributed by atoms with Crippen molar-refractivity contribution in [2.75, 3.05) is 18.5 Å². The maximum Gasteiger partial charge on any atom is 0.270 e. The molecular weight excluding hydrogens is 352 g/mol. The molecule has 0 unspecified atom stereocenters. The highest BCUT2D eigenvalue weighted by atomic mass is 16.5. The van der Waals surface area contributed by atoms with Crippen LogP contribution in [0.25, 0.3) is 0 Å². The molecule has 6 heteroatoms. The quantitative estimate of drug-likeness (QED) is 0.624. The molecule has 2 aromatic carbocycles. The van der Waals surface area contributed by atoms with Crippen LogP contribution in [0.2, 0.25) is 0 Å². The summed E-state index contributed by atoms with van der Waals surface area (Å²) in [5.74, 6) is 1.58. The van der Waals surface area contributed by atoms with Gasteiger partial charge in [0, 0.05) is 12.6 Å². The number of nitrogens with one attached hydrogen (secondary N) is 2. The van der Waals surface area contributed by atoms with E-state index in [1.807, 2.05) is 61.5 Å². The molecule has 2 N–H and O–H groups in total. The Bertz CT molecular complexity index is 929. The second-order valence-electron chi connectivity index (χ2n) is 6.23. The molecule has 1 aromatic heterocycles. The van der Waals surface area contributed by atoms with E-state index >= 15 is 0 Å². The molecule has 3 aromatic rings. The number of hydrogen-bond acceptors (Lipinski definition) is 5. The predicted molar refractivity (Wildman–Crippen MR) is 110 cm³/mol. The maximum atomic E-state index is 12.5. The lowest BCUT2D eigenvalue weighted by Crippen LogP contribution is -2.27. The van der Waals surface area contributed by atoms with Crippen molar-refractivity contribution >= 4 is 17.4 Å². The summed E-state index contributed by atoms with van der Waals surface area (Å²) in [6, 6.07) is 19.3. The smallest absolute Gasteiger partial charge is 0.270 e. The standard InChI is InChI=1S/C22H24N4O2/c1-3-28-20-12-8-7-11-18(20)26-21-15-19(24-16(2)25-21)22(27)23-14-13-17-9-5-4-6-10-17/h4-12,15H,3,13-14H2,1-2H3,(H,23,27)(H,24,25,26). The number of amides is 1. The Morgan fingerprint density at radius 2 is 1.79 bits per heavy atom. The number of ether oxygens (including phenoxy) is 1. The number of para-hydroxylation sites is 2. The average Bonchev–Trinajstić information content (AvgIpc) is 2.70. The van der Waals surface area contributed by atoms with Crippen LogP contribution >= 0.6 is 0 Å². The summed E-state index contributed by atoms with van der Waals surface area (Å²) in [6.07, 6.45) is 0.767. The number of carbonyl (C=O) groups is 1. The van der Waals surface area contributed by atoms with Crippen LogP contribution in [0, 0.1) is 6.92 Å². The summed E-state index contributed by atoms with van der Waals surface area (Å²) >= 11 is 0. The fraction of sp³-hybridized carbons (Fsp3) is 0.227. The highest BCUT2D eigenvalue weighted by Crippen LogP contribution is 2.26. The molecule has 0 bridgehead atoms. The molecule has 0 aliphatic heterocycles. The summed E-state index contributed by atoms with van der Waals surface area (Å²) in [5, 5.41) is 6.14. The van der Waals surface area contributed by atoms with Gasteiger partial charge in [0.15, 0.2) is 0 Å². The van der Waals surface area contributed by atoms with Crippen molar-refractivity contribution in [2.24, 2.45) is 0 Å². The van der Waals surface area contributed by atoms with Crippen molar-refractivity contribution in [3.8, 4) is 5.75 Å². The van der Waals surface area contributed by atoms with Crippen LogP contribution in [0.15, 0.2) is 60.7 Å². The van der Waals surface area contributed by atoms with Gasteiger partial charge in [0.1, 0.15) is 23.1 Å². The van der Waals surface area contributed by atoms with Crippen LogP contribution < -0.4 is 15.4 Å². The van der Waals surface area contributed by atoms with Gasteiger partial charge in [-0.15, -0.1) is 0 Å². The summed E-state index contributed by atoms with van der Waals surface area (Å²) in [4.78, 5) is 21.2. The SMILES string of the molecule is CCOc1ccccc1Nc1cc(C(=O)NCCc2ccccc2)nc(C)n1. The minimum atomic E-state index is -0.220. The summed E-state index contributed by atoms with van der Waals surface area (Å²) in [5.41, 5.74) is 2.30. The summed E-state index contributed by atoms with van der Waals surface area (Å²) in [6.45, 7) is 4.81. The Labute approximate surface area is 165 Å². The molecule has 28 heavy (non-hydrogen) atoms. The first-order valence-electron chi connectivity index (χ1n) is 9.32. The van der Waals surface area contributed by atoms with Crippen LogP contribution in [0.1, 0.15) is 28.8 Å². The number of carbonyl (C=O) groups excluding carboxylic acids is 1. The van der Waals surface area contributed by atoms with Gasteiger partial charge >= 0.3 is 0 Å². The maximum absolute atomic E-state index is 12.5. The van der Waals surface area contributed by atoms with Gasteiger partial charge in [-0.3, -0.25) is 4.79 Å². The predicted octanol–water partition coefficient (Wildman–Crippen LogP) is 3.90. The van der Waals surface area contributed by atoms with Crippen LogP contribution in [0.3, 0.4) is 0 Å². The van der Waals surface area contributed by atoms with E-state index < -0.39 is 0 Å². The third-order valence-corrected chi connectivity index (χ3v) is 4.06. The Morgan fingerprint density at radius 1 is 1.04 bits per heavy atom. The molecule has 6 nitrogen and oxygen atoms in total. The van der Waals surface area contributed by atoms with E-state index in [-0.39, 0.29) is 5.91 Å². The molecule has 144 valence electrons. The Hall–Kier alpha value is -3.41. The van der Waals surface area contributed by atoms with Gasteiger partial charge < -0.3 is 15.4 Å². The molecule has 0 aliphatic carbocycles. The number of nitrogens with zero attached hydrogens (tertiary/aromatic N) is 2. The normalized spacial score (nSPS) is 10.4. The van der Waals surface area contributed by atoms with Gasteiger partial charge in [-0.2, -0.15) is 0 Å². The Balaban J connectivity index is 1.68. The van der Waals surface area contributed by atoms with Crippen molar-refractivity contribution in [2.45, 2.75) is 20.3 Å². The molecule has 0 atom stereocenters. The van der Waals surface area contributed by atoms with Crippen LogP contribution in [0.4, 0.5) is 11.5 Å². The van der Waals surface area contributed by atoms with Gasteiger partial charge in [-0.25, -0.2) is 9.97 Å². The molecule has 0 spiro atoms. The van der Waals surface area contributed by atoms with Crippen molar-refractivity contribution < 1.29 is 9.53 Å². The summed E-state index contributed by atoms with van der Waals surface area (Å²) in [7, 11) is 0. The lowest BCUT2D eigenvalue weighted by molar-refractivity contribution is 0.0949. The fourth-order valence-corrected chi connectivity index (χ4v) is 2.79. The second kappa shape index (κ2) is 9.50. The van der Waals surface area contributed by atoms with Crippen molar-refractivity contribution in [3.63, 3.8) is 0 Å². The molecule has 3 rings (SSSR count). The minimum absolute atomic E-state index is 0.220. The molecule has 0 aliphatic rings. The molecule has 0 saturated carbocycles. The van der Waals surface area contributed by atoms with E-state index in [2.05, 4.69) is 20.6 Å². The molecule has 1 amide bonds. The van der Waals surface area contributed by atoms with Gasteiger partial charge in [0.25, 0.3) is 5.91 Å². The van der Waals surface area contributed by atoms with Crippen LogP contribution in [-0.4, -0.2) is 29.0 Å². The number of rotatable bonds is 8. The minimum Gasteiger partial charge on any atom is -0.492 e. The van der Waals surface area contributed by atoms with Crippen LogP contribution in [0.5, 0.6) is 5.75 Å². The number of aromatic nitrogens is 2. The van der Waals surface area contributed by atoms with Crippen LogP contribution in [-0.2, 0) is 6.42 Å². The van der Waals surface area contributed by atoms with Gasteiger partial charge in [-0.05, 0) is 38.0 Å². The second-order valence-corrected chi connectivity index (χ2v) is 6.23. The highest BCUT2D eigenvalue weighted by molar-refractivity contribution is 5.93. The molecule has 0 saturated heterocycles. The van der Waals surface area contributed by atoms with E-state index in [1.165, 1.54) is 5.56 Å². The third kappa shape index (κ3) is 5.30. The number of aryl methyl sites for hydroxylation is 1. The van der Waals surface area contributed by atoms with Crippen molar-refractivity contribution in [3.05, 3.63) is 77.7 Å². The first-order valence-corrected chi connectivity index (χ1v) is 9.32. The number of anilines is 2. The Morgan fingerprint density at radius 3 is 2.57 bits per heavy atom. The van der Waals surface area contributed by atoms with E-state index in [0.29, 0.717) is 30.5 Å². The Kier molecular flexibility index (Phi) is 6.57. The number of benzene rings is 2. The highest BCUT2D eigenvalue weighted by Gasteiger charge is 2.11. The lowest BCUT2D eigenvalue weighted by Gasteiger charge is -2.13. The lowest BCUT2D eigenvalue weighted by atomic mass is 10.1. The van der Waals surface area contributed by atoms with E-state index in [9.17, 15) is 4.79 Å². The van der Waals surface area contributed by atoms with E-state index in [1.54, 1.807) is 13.0 Å². The van der Waals surface area contributed by atoms with E-state index in [0.717, 1.165) is 17.9 Å². The molecular formula is C22H24N4O2. The zero-order valence-electron chi connectivity index (χ0n) is 16.1. The average molecular weight is 376 g/mol. The third-order valence-electron chi connectivity index (χ3n) is 4.06. The van der Waals surface area contributed by atoms with E-state index in [4.69, 9.17) is 4.74 Å². The number of hydrogen-bond donors (Lipinski definition) is 2. The van der Waals surface area contributed by atoms with Gasteiger partial charge in [0.2, 0.25) is 0 Å². The monoisotopic (exact) mass is 376 g/mol. The topological polar surface area (TPSA) is 76.1 Å².